The standard InChI is InChI=1S/C24H46O4.C16H22O4/c1-3-5-7-9-11-13-15-17-19-21-23(25)27-28-24(26)22-20-18-16-14-12-10-8-6-4-2;1-3-5-11-19-15(17)13-9-7-8-10-14(13)16(18)20-12-6-4-2/h3-22H2,1-2H3;7-10H,3-6,11-12H2,1-2H3. The summed E-state index contributed by atoms with van der Waals surface area (Å²) >= 11 is 0. The van der Waals surface area contributed by atoms with Crippen LogP contribution in [0.4, 0.5) is 0 Å². The fourth-order valence-electron chi connectivity index (χ4n) is 4.95. The molecule has 1 rings (SSSR count). The van der Waals surface area contributed by atoms with E-state index in [0.717, 1.165) is 64.2 Å². The molecular weight excluding hydrogens is 608 g/mol. The number of carbonyl (C=O) groups is 4. The Balaban J connectivity index is 0.000000970. The normalized spacial score (nSPS) is 10.5. The van der Waals surface area contributed by atoms with Gasteiger partial charge in [0.15, 0.2) is 0 Å². The summed E-state index contributed by atoms with van der Waals surface area (Å²) in [7, 11) is 0. The number of benzene rings is 1. The molecule has 0 saturated heterocycles. The van der Waals surface area contributed by atoms with Crippen molar-refractivity contribution >= 4 is 23.9 Å². The Labute approximate surface area is 292 Å². The zero-order valence-electron chi connectivity index (χ0n) is 31.0. The average molecular weight is 677 g/mol. The number of rotatable bonds is 28. The fourth-order valence-corrected chi connectivity index (χ4v) is 4.95. The van der Waals surface area contributed by atoms with Crippen molar-refractivity contribution in [2.24, 2.45) is 0 Å². The van der Waals surface area contributed by atoms with Crippen molar-refractivity contribution in [3.8, 4) is 0 Å². The maximum absolute atomic E-state index is 11.9. The molecule has 0 atom stereocenters. The Morgan fingerprint density at radius 1 is 0.417 bits per heavy atom. The van der Waals surface area contributed by atoms with Gasteiger partial charge in [-0.25, -0.2) is 29.0 Å². The van der Waals surface area contributed by atoms with Crippen molar-refractivity contribution < 1.29 is 38.4 Å². The van der Waals surface area contributed by atoms with Crippen molar-refractivity contribution in [1.29, 1.82) is 0 Å². The number of carbonyl (C=O) groups excluding carboxylic acids is 4. The quantitative estimate of drug-likeness (QED) is 0.0374. The molecule has 0 fully saturated rings. The lowest BCUT2D eigenvalue weighted by Gasteiger charge is -2.09. The summed E-state index contributed by atoms with van der Waals surface area (Å²) in [5.74, 6) is -1.80. The monoisotopic (exact) mass is 676 g/mol. The molecule has 1 aromatic rings. The van der Waals surface area contributed by atoms with Crippen LogP contribution >= 0.6 is 0 Å². The number of hydrogen-bond donors (Lipinski definition) is 0. The molecule has 0 amide bonds. The van der Waals surface area contributed by atoms with Crippen LogP contribution in [-0.4, -0.2) is 37.1 Å². The lowest BCUT2D eigenvalue weighted by molar-refractivity contribution is -0.259. The van der Waals surface area contributed by atoms with Crippen LogP contribution in [0.5, 0.6) is 0 Å². The van der Waals surface area contributed by atoms with Crippen LogP contribution in [0.1, 0.15) is 203 Å². The van der Waals surface area contributed by atoms with E-state index in [-0.39, 0.29) is 11.1 Å². The first-order valence-electron chi connectivity index (χ1n) is 19.2. The minimum absolute atomic E-state index is 0.269. The molecule has 0 radical (unpaired) electrons. The van der Waals surface area contributed by atoms with Gasteiger partial charge in [-0.15, -0.1) is 0 Å². The summed E-state index contributed by atoms with van der Waals surface area (Å²) in [4.78, 5) is 56.3. The highest BCUT2D eigenvalue weighted by molar-refractivity contribution is 6.03. The second kappa shape index (κ2) is 34.0. The van der Waals surface area contributed by atoms with Gasteiger partial charge in [-0.05, 0) is 37.8 Å². The Hall–Kier alpha value is -2.90. The van der Waals surface area contributed by atoms with E-state index in [1.54, 1.807) is 24.3 Å². The molecule has 0 aromatic heterocycles. The molecule has 276 valence electrons. The second-order valence-electron chi connectivity index (χ2n) is 12.6. The largest absolute Gasteiger partial charge is 0.462 e. The molecule has 0 aliphatic rings. The molecule has 1 aromatic carbocycles. The number of hydrogen-bond acceptors (Lipinski definition) is 8. The first kappa shape index (κ1) is 45.1. The molecule has 0 aliphatic carbocycles. The Kier molecular flexibility index (Phi) is 31.9. The lowest BCUT2D eigenvalue weighted by Crippen LogP contribution is -2.14. The molecule has 0 aliphatic heterocycles. The van der Waals surface area contributed by atoms with Gasteiger partial charge in [0.2, 0.25) is 0 Å². The molecular formula is C40H68O8. The highest BCUT2D eigenvalue weighted by atomic mass is 17.2. The lowest BCUT2D eigenvalue weighted by atomic mass is 10.1. The van der Waals surface area contributed by atoms with E-state index in [1.807, 2.05) is 13.8 Å². The first-order valence-corrected chi connectivity index (χ1v) is 19.2. The number of esters is 2. The summed E-state index contributed by atoms with van der Waals surface area (Å²) in [6.07, 6.45) is 25.9. The van der Waals surface area contributed by atoms with E-state index < -0.39 is 23.9 Å². The minimum Gasteiger partial charge on any atom is -0.462 e. The first-order chi connectivity index (χ1) is 23.4. The van der Waals surface area contributed by atoms with E-state index in [0.29, 0.717) is 26.1 Å². The van der Waals surface area contributed by atoms with Gasteiger partial charge < -0.3 is 9.47 Å². The maximum Gasteiger partial charge on any atom is 0.355 e. The third-order valence-corrected chi connectivity index (χ3v) is 8.03. The van der Waals surface area contributed by atoms with Crippen molar-refractivity contribution in [1.82, 2.24) is 0 Å². The van der Waals surface area contributed by atoms with Crippen LogP contribution in [-0.2, 0) is 28.8 Å². The minimum atomic E-state index is -0.471. The Bertz CT molecular complexity index is 870. The van der Waals surface area contributed by atoms with Crippen molar-refractivity contribution in [3.63, 3.8) is 0 Å². The molecule has 0 saturated carbocycles. The molecule has 8 heteroatoms. The Morgan fingerprint density at radius 2 is 0.708 bits per heavy atom. The van der Waals surface area contributed by atoms with Crippen molar-refractivity contribution in [2.75, 3.05) is 13.2 Å². The smallest absolute Gasteiger partial charge is 0.355 e. The van der Waals surface area contributed by atoms with Gasteiger partial charge in [0.05, 0.1) is 37.2 Å². The zero-order chi connectivity index (χ0) is 35.5. The predicted molar refractivity (Wildman–Crippen MR) is 193 cm³/mol. The molecule has 0 bridgehead atoms. The zero-order valence-corrected chi connectivity index (χ0v) is 31.0. The highest BCUT2D eigenvalue weighted by Gasteiger charge is 2.18. The molecule has 0 spiro atoms. The van der Waals surface area contributed by atoms with Gasteiger partial charge in [0.1, 0.15) is 0 Å². The molecule has 8 nitrogen and oxygen atoms in total. The topological polar surface area (TPSA) is 105 Å². The highest BCUT2D eigenvalue weighted by Crippen LogP contribution is 2.14. The SMILES string of the molecule is CCCCCCCCCCCC(=O)OOC(=O)CCCCCCCCCCC.CCCCOC(=O)c1ccccc1C(=O)OCCCC. The molecule has 0 unspecified atom stereocenters. The van der Waals surface area contributed by atoms with Gasteiger partial charge in [0, 0.05) is 0 Å². The molecule has 0 heterocycles. The average Bonchev–Trinajstić information content (AvgIpc) is 3.09. The Morgan fingerprint density at radius 3 is 1.02 bits per heavy atom. The summed E-state index contributed by atoms with van der Waals surface area (Å²) in [6, 6.07) is 6.59. The fraction of sp³-hybridized carbons (Fsp3) is 0.750. The van der Waals surface area contributed by atoms with Gasteiger partial charge in [-0.3, -0.25) is 0 Å². The summed E-state index contributed by atoms with van der Waals surface area (Å²) in [5.41, 5.74) is 0.537. The third kappa shape index (κ3) is 27.1. The van der Waals surface area contributed by atoms with Gasteiger partial charge in [-0.2, -0.15) is 0 Å². The van der Waals surface area contributed by atoms with Crippen LogP contribution in [0, 0.1) is 0 Å². The number of unbranched alkanes of at least 4 members (excludes halogenated alkanes) is 18. The second-order valence-corrected chi connectivity index (χ2v) is 12.6. The summed E-state index contributed by atoms with van der Waals surface area (Å²) in [6.45, 7) is 9.24. The number of ether oxygens (including phenoxy) is 2. The molecule has 0 N–H and O–H groups in total. The van der Waals surface area contributed by atoms with E-state index in [9.17, 15) is 19.2 Å². The van der Waals surface area contributed by atoms with E-state index in [2.05, 4.69) is 23.6 Å². The van der Waals surface area contributed by atoms with Gasteiger partial charge in [0.25, 0.3) is 0 Å². The third-order valence-electron chi connectivity index (χ3n) is 8.03. The maximum atomic E-state index is 11.9. The van der Waals surface area contributed by atoms with Crippen LogP contribution in [0.25, 0.3) is 0 Å². The van der Waals surface area contributed by atoms with Gasteiger partial charge in [-0.1, -0.05) is 155 Å². The van der Waals surface area contributed by atoms with E-state index in [1.165, 1.54) is 77.0 Å². The summed E-state index contributed by atoms with van der Waals surface area (Å²) in [5, 5.41) is 0. The van der Waals surface area contributed by atoms with Crippen LogP contribution in [0.2, 0.25) is 0 Å². The van der Waals surface area contributed by atoms with Gasteiger partial charge >= 0.3 is 23.9 Å². The van der Waals surface area contributed by atoms with E-state index >= 15 is 0 Å². The van der Waals surface area contributed by atoms with Crippen LogP contribution < -0.4 is 0 Å². The van der Waals surface area contributed by atoms with Crippen molar-refractivity contribution in [2.45, 2.75) is 182 Å². The van der Waals surface area contributed by atoms with Crippen LogP contribution in [0.15, 0.2) is 24.3 Å². The van der Waals surface area contributed by atoms with E-state index in [4.69, 9.17) is 9.47 Å². The van der Waals surface area contributed by atoms with Crippen molar-refractivity contribution in [3.05, 3.63) is 35.4 Å². The predicted octanol–water partition coefficient (Wildman–Crippen LogP) is 11.4. The summed E-state index contributed by atoms with van der Waals surface area (Å²) < 4.78 is 10.3. The molecule has 48 heavy (non-hydrogen) atoms. The van der Waals surface area contributed by atoms with Crippen LogP contribution in [0.3, 0.4) is 0 Å².